The first-order valence-electron chi connectivity index (χ1n) is 6.57. The third-order valence-electron chi connectivity index (χ3n) is 2.90. The number of halogens is 2. The van der Waals surface area contributed by atoms with E-state index in [1.165, 1.54) is 41.6 Å². The predicted molar refractivity (Wildman–Crippen MR) is 83.2 cm³/mol. The molecule has 3 heterocycles. The summed E-state index contributed by atoms with van der Waals surface area (Å²) in [5.74, 6) is -1.33. The van der Waals surface area contributed by atoms with Crippen molar-refractivity contribution in [2.75, 3.05) is 6.61 Å². The maximum Gasteiger partial charge on any atom is 0.341 e. The fraction of sp³-hybridized carbons (Fsp3) is 0.0714. The van der Waals surface area contributed by atoms with E-state index in [2.05, 4.69) is 36.0 Å². The highest BCUT2D eigenvalue weighted by atomic mass is 79.9. The maximum atomic E-state index is 13.1. The number of carboxylic acid groups (broad SMARTS) is 1. The van der Waals surface area contributed by atoms with Gasteiger partial charge < -0.3 is 9.84 Å². The second-order valence-electron chi connectivity index (χ2n) is 4.50. The molecule has 10 heteroatoms. The molecule has 0 spiro atoms. The van der Waals surface area contributed by atoms with Gasteiger partial charge >= 0.3 is 5.97 Å². The van der Waals surface area contributed by atoms with Gasteiger partial charge in [0.2, 0.25) is 11.8 Å². The van der Waals surface area contributed by atoms with Gasteiger partial charge in [-0.15, -0.1) is 5.10 Å². The molecule has 3 aromatic heterocycles. The van der Waals surface area contributed by atoms with Crippen molar-refractivity contribution in [3.8, 4) is 23.0 Å². The third-order valence-corrected chi connectivity index (χ3v) is 3.61. The Kier molecular flexibility index (Phi) is 4.47. The van der Waals surface area contributed by atoms with Crippen LogP contribution >= 0.6 is 15.9 Å². The highest BCUT2D eigenvalue weighted by Crippen LogP contribution is 2.36. The van der Waals surface area contributed by atoms with E-state index in [1.54, 1.807) is 0 Å². The standard InChI is InChI=1S/C14H9BrFN5O3/c15-12-13(8-1-2-9(16)19-5-8)21(10-6-17-3-4-18-10)20-14(12)24-7-11(22)23/h1-6H,7H2,(H,22,23). The van der Waals surface area contributed by atoms with Gasteiger partial charge in [-0.25, -0.2) is 19.4 Å². The Morgan fingerprint density at radius 2 is 2.12 bits per heavy atom. The van der Waals surface area contributed by atoms with E-state index in [0.29, 0.717) is 21.5 Å². The number of ether oxygens (including phenoxy) is 1. The van der Waals surface area contributed by atoms with Gasteiger partial charge in [-0.3, -0.25) is 4.98 Å². The highest BCUT2D eigenvalue weighted by molar-refractivity contribution is 9.10. The minimum Gasteiger partial charge on any atom is -0.479 e. The molecule has 0 aliphatic carbocycles. The predicted octanol–water partition coefficient (Wildman–Crippen LogP) is 2.09. The van der Waals surface area contributed by atoms with E-state index in [-0.39, 0.29) is 5.88 Å². The van der Waals surface area contributed by atoms with Crippen molar-refractivity contribution in [2.45, 2.75) is 0 Å². The molecule has 0 saturated carbocycles. The fourth-order valence-electron chi connectivity index (χ4n) is 1.93. The van der Waals surface area contributed by atoms with E-state index in [1.807, 2.05) is 0 Å². The van der Waals surface area contributed by atoms with Gasteiger partial charge in [0, 0.05) is 24.2 Å². The first-order chi connectivity index (χ1) is 11.6. The average Bonchev–Trinajstić information content (AvgIpc) is 2.91. The number of nitrogens with zero attached hydrogens (tertiary/aromatic N) is 5. The third kappa shape index (κ3) is 3.23. The summed E-state index contributed by atoms with van der Waals surface area (Å²) in [6.45, 7) is -0.558. The van der Waals surface area contributed by atoms with Gasteiger partial charge in [0.05, 0.1) is 11.9 Å². The molecule has 3 aromatic rings. The molecule has 0 aromatic carbocycles. The van der Waals surface area contributed by atoms with Crippen molar-refractivity contribution in [2.24, 2.45) is 0 Å². The number of aliphatic carboxylic acids is 1. The zero-order valence-corrected chi connectivity index (χ0v) is 13.5. The van der Waals surface area contributed by atoms with Crippen molar-refractivity contribution in [1.82, 2.24) is 24.7 Å². The van der Waals surface area contributed by atoms with E-state index in [4.69, 9.17) is 9.84 Å². The monoisotopic (exact) mass is 393 g/mol. The molecular weight excluding hydrogens is 385 g/mol. The lowest BCUT2D eigenvalue weighted by molar-refractivity contribution is -0.139. The molecule has 0 saturated heterocycles. The Morgan fingerprint density at radius 3 is 2.75 bits per heavy atom. The maximum absolute atomic E-state index is 13.1. The highest BCUT2D eigenvalue weighted by Gasteiger charge is 2.21. The van der Waals surface area contributed by atoms with Crippen LogP contribution in [-0.2, 0) is 4.79 Å². The summed E-state index contributed by atoms with van der Waals surface area (Å²) < 4.78 is 20.0. The molecule has 0 aliphatic heterocycles. The molecule has 0 atom stereocenters. The van der Waals surface area contributed by atoms with Gasteiger partial charge in [0.1, 0.15) is 4.47 Å². The van der Waals surface area contributed by atoms with Crippen LogP contribution in [0.1, 0.15) is 0 Å². The fourth-order valence-corrected chi connectivity index (χ4v) is 2.52. The number of rotatable bonds is 5. The number of hydrogen-bond donors (Lipinski definition) is 1. The largest absolute Gasteiger partial charge is 0.479 e. The summed E-state index contributed by atoms with van der Waals surface area (Å²) in [4.78, 5) is 22.4. The van der Waals surface area contributed by atoms with Crippen molar-refractivity contribution in [3.63, 3.8) is 0 Å². The van der Waals surface area contributed by atoms with Crippen LogP contribution in [-0.4, -0.2) is 42.4 Å². The Morgan fingerprint density at radius 1 is 1.29 bits per heavy atom. The lowest BCUT2D eigenvalue weighted by atomic mass is 10.2. The molecule has 0 fully saturated rings. The van der Waals surface area contributed by atoms with Gasteiger partial charge in [-0.05, 0) is 28.1 Å². The summed E-state index contributed by atoms with van der Waals surface area (Å²) in [7, 11) is 0. The van der Waals surface area contributed by atoms with Gasteiger partial charge in [0.25, 0.3) is 0 Å². The SMILES string of the molecule is O=C(O)COc1nn(-c2cnccn2)c(-c2ccc(F)nc2)c1Br. The van der Waals surface area contributed by atoms with Crippen molar-refractivity contribution < 1.29 is 19.0 Å². The lowest BCUT2D eigenvalue weighted by Gasteiger charge is -2.05. The van der Waals surface area contributed by atoms with Gasteiger partial charge in [-0.1, -0.05) is 0 Å². The van der Waals surface area contributed by atoms with Crippen LogP contribution in [0, 0.1) is 5.95 Å². The van der Waals surface area contributed by atoms with E-state index in [9.17, 15) is 9.18 Å². The molecule has 122 valence electrons. The minimum absolute atomic E-state index is 0.0578. The Labute approximate surface area is 143 Å². The lowest BCUT2D eigenvalue weighted by Crippen LogP contribution is -2.10. The Balaban J connectivity index is 2.13. The number of carbonyl (C=O) groups is 1. The number of carboxylic acids is 1. The molecule has 3 rings (SSSR count). The van der Waals surface area contributed by atoms with Crippen LogP contribution in [0.25, 0.3) is 17.1 Å². The molecule has 1 N–H and O–H groups in total. The van der Waals surface area contributed by atoms with Crippen LogP contribution in [0.5, 0.6) is 5.88 Å². The van der Waals surface area contributed by atoms with Crippen molar-refractivity contribution >= 4 is 21.9 Å². The molecule has 8 nitrogen and oxygen atoms in total. The van der Waals surface area contributed by atoms with Crippen LogP contribution in [0.3, 0.4) is 0 Å². The first-order valence-corrected chi connectivity index (χ1v) is 7.37. The van der Waals surface area contributed by atoms with Gasteiger partial charge in [0.15, 0.2) is 12.4 Å². The number of hydrogen-bond acceptors (Lipinski definition) is 6. The smallest absolute Gasteiger partial charge is 0.341 e. The Hall–Kier alpha value is -2.88. The molecule has 0 amide bonds. The summed E-state index contributed by atoms with van der Waals surface area (Å²) in [5, 5.41) is 13.0. The number of aromatic nitrogens is 5. The van der Waals surface area contributed by atoms with E-state index >= 15 is 0 Å². The van der Waals surface area contributed by atoms with Crippen molar-refractivity contribution in [1.29, 1.82) is 0 Å². The van der Waals surface area contributed by atoms with E-state index in [0.717, 1.165) is 0 Å². The zero-order valence-electron chi connectivity index (χ0n) is 11.9. The molecule has 0 bridgehead atoms. The quantitative estimate of drug-likeness (QED) is 0.661. The topological polar surface area (TPSA) is 103 Å². The van der Waals surface area contributed by atoms with E-state index < -0.39 is 18.5 Å². The summed E-state index contributed by atoms with van der Waals surface area (Å²) in [5.41, 5.74) is 1.01. The molecule has 0 radical (unpaired) electrons. The molecular formula is C14H9BrFN5O3. The molecule has 24 heavy (non-hydrogen) atoms. The minimum atomic E-state index is -1.14. The van der Waals surface area contributed by atoms with Crippen LogP contribution in [0.4, 0.5) is 4.39 Å². The van der Waals surface area contributed by atoms with Gasteiger partial charge in [-0.2, -0.15) is 4.39 Å². The summed E-state index contributed by atoms with van der Waals surface area (Å²) >= 11 is 3.33. The normalized spacial score (nSPS) is 10.6. The van der Waals surface area contributed by atoms with Crippen LogP contribution in [0.2, 0.25) is 0 Å². The second kappa shape index (κ2) is 6.71. The summed E-state index contributed by atoms with van der Waals surface area (Å²) in [6, 6.07) is 2.71. The average molecular weight is 394 g/mol. The molecule has 0 unspecified atom stereocenters. The molecule has 0 aliphatic rings. The first kappa shape index (κ1) is 16.0. The zero-order chi connectivity index (χ0) is 17.1. The van der Waals surface area contributed by atoms with Crippen molar-refractivity contribution in [3.05, 3.63) is 47.3 Å². The Bertz CT molecular complexity index is 870. The van der Waals surface area contributed by atoms with Crippen LogP contribution in [0.15, 0.2) is 41.4 Å². The second-order valence-corrected chi connectivity index (χ2v) is 5.29. The summed E-state index contributed by atoms with van der Waals surface area (Å²) in [6.07, 6.45) is 5.78. The number of pyridine rings is 1. The van der Waals surface area contributed by atoms with Crippen LogP contribution < -0.4 is 4.74 Å².